The lowest BCUT2D eigenvalue weighted by Gasteiger charge is -2.11. The fraction of sp³-hybridized carbons (Fsp3) is 0.238. The molecule has 4 rings (SSSR count). The molecule has 0 radical (unpaired) electrons. The molecule has 0 spiro atoms. The SMILES string of the molecule is Cc1nc(NCCc2ccc(Cl)cc2)cc(NCc2ccc3c(c2)OCO3)n1. The second-order valence-corrected chi connectivity index (χ2v) is 6.97. The van der Waals surface area contributed by atoms with Crippen molar-refractivity contribution in [3.8, 4) is 11.5 Å². The number of benzene rings is 2. The Balaban J connectivity index is 1.34. The van der Waals surface area contributed by atoms with Crippen molar-refractivity contribution in [3.63, 3.8) is 0 Å². The number of fused-ring (bicyclic) bond motifs is 1. The van der Waals surface area contributed by atoms with Gasteiger partial charge in [-0.05, 0) is 48.7 Å². The molecule has 6 nitrogen and oxygen atoms in total. The summed E-state index contributed by atoms with van der Waals surface area (Å²) in [6, 6.07) is 15.7. The largest absolute Gasteiger partial charge is 0.454 e. The van der Waals surface area contributed by atoms with Gasteiger partial charge in [-0.25, -0.2) is 9.97 Å². The van der Waals surface area contributed by atoms with Crippen LogP contribution < -0.4 is 20.1 Å². The van der Waals surface area contributed by atoms with Gasteiger partial charge in [0, 0.05) is 24.2 Å². The average Bonchev–Trinajstić information content (AvgIpc) is 3.15. The monoisotopic (exact) mass is 396 g/mol. The zero-order valence-electron chi connectivity index (χ0n) is 15.5. The smallest absolute Gasteiger partial charge is 0.231 e. The number of rotatable bonds is 7. The Kier molecular flexibility index (Phi) is 5.48. The van der Waals surface area contributed by atoms with E-state index in [4.69, 9.17) is 21.1 Å². The quantitative estimate of drug-likeness (QED) is 0.615. The molecule has 2 N–H and O–H groups in total. The van der Waals surface area contributed by atoms with E-state index in [2.05, 4.69) is 20.6 Å². The van der Waals surface area contributed by atoms with E-state index in [1.807, 2.05) is 55.5 Å². The first-order chi connectivity index (χ1) is 13.7. The molecule has 0 atom stereocenters. The van der Waals surface area contributed by atoms with Crippen LogP contribution in [0.5, 0.6) is 11.5 Å². The Hall–Kier alpha value is -2.99. The van der Waals surface area contributed by atoms with Crippen LogP contribution in [0.3, 0.4) is 0 Å². The van der Waals surface area contributed by atoms with Crippen molar-refractivity contribution in [2.75, 3.05) is 24.0 Å². The molecule has 2 aromatic carbocycles. The molecule has 3 aromatic rings. The van der Waals surface area contributed by atoms with Gasteiger partial charge in [0.05, 0.1) is 0 Å². The van der Waals surface area contributed by atoms with Crippen molar-refractivity contribution in [1.29, 1.82) is 0 Å². The third-order valence-corrected chi connectivity index (χ3v) is 4.63. The number of anilines is 2. The zero-order chi connectivity index (χ0) is 19.3. The summed E-state index contributed by atoms with van der Waals surface area (Å²) < 4.78 is 10.8. The molecule has 0 unspecified atom stereocenters. The van der Waals surface area contributed by atoms with Crippen LogP contribution >= 0.6 is 11.6 Å². The molecule has 0 amide bonds. The van der Waals surface area contributed by atoms with Gasteiger partial charge >= 0.3 is 0 Å². The molecule has 0 saturated carbocycles. The van der Waals surface area contributed by atoms with Crippen LogP contribution in [0.15, 0.2) is 48.5 Å². The van der Waals surface area contributed by atoms with E-state index >= 15 is 0 Å². The summed E-state index contributed by atoms with van der Waals surface area (Å²) >= 11 is 5.93. The molecule has 2 heterocycles. The Morgan fingerprint density at radius 2 is 1.61 bits per heavy atom. The molecular formula is C21H21ClN4O2. The van der Waals surface area contributed by atoms with Gasteiger partial charge in [-0.3, -0.25) is 0 Å². The molecule has 1 aromatic heterocycles. The number of halogens is 1. The van der Waals surface area contributed by atoms with Crippen LogP contribution in [0.25, 0.3) is 0 Å². The highest BCUT2D eigenvalue weighted by atomic mass is 35.5. The average molecular weight is 397 g/mol. The van der Waals surface area contributed by atoms with Crippen molar-refractivity contribution in [1.82, 2.24) is 9.97 Å². The number of nitrogens with one attached hydrogen (secondary N) is 2. The molecule has 28 heavy (non-hydrogen) atoms. The maximum atomic E-state index is 5.93. The first-order valence-corrected chi connectivity index (χ1v) is 9.50. The molecule has 0 saturated heterocycles. The van der Waals surface area contributed by atoms with Crippen molar-refractivity contribution in [2.45, 2.75) is 19.9 Å². The molecule has 1 aliphatic rings. The molecule has 0 aliphatic carbocycles. The summed E-state index contributed by atoms with van der Waals surface area (Å²) in [6.07, 6.45) is 0.889. The van der Waals surface area contributed by atoms with Crippen molar-refractivity contribution < 1.29 is 9.47 Å². The minimum Gasteiger partial charge on any atom is -0.454 e. The molecule has 0 fully saturated rings. The van der Waals surface area contributed by atoms with Crippen molar-refractivity contribution >= 4 is 23.2 Å². The minimum absolute atomic E-state index is 0.280. The summed E-state index contributed by atoms with van der Waals surface area (Å²) in [5, 5.41) is 7.46. The van der Waals surface area contributed by atoms with Crippen molar-refractivity contribution in [2.24, 2.45) is 0 Å². The van der Waals surface area contributed by atoms with E-state index < -0.39 is 0 Å². The van der Waals surface area contributed by atoms with Gasteiger partial charge in [0.1, 0.15) is 17.5 Å². The van der Waals surface area contributed by atoms with Gasteiger partial charge in [-0.15, -0.1) is 0 Å². The van der Waals surface area contributed by atoms with Gasteiger partial charge in [-0.1, -0.05) is 29.8 Å². The third-order valence-electron chi connectivity index (χ3n) is 4.38. The number of ether oxygens (including phenoxy) is 2. The van der Waals surface area contributed by atoms with Gasteiger partial charge in [0.25, 0.3) is 0 Å². The van der Waals surface area contributed by atoms with Crippen LogP contribution in [0, 0.1) is 6.92 Å². The Morgan fingerprint density at radius 3 is 2.43 bits per heavy atom. The van der Waals surface area contributed by atoms with E-state index in [1.54, 1.807) is 0 Å². The zero-order valence-corrected chi connectivity index (χ0v) is 16.3. The summed E-state index contributed by atoms with van der Waals surface area (Å²) in [5.41, 5.74) is 2.32. The van der Waals surface area contributed by atoms with Crippen molar-refractivity contribution in [3.05, 3.63) is 70.5 Å². The first-order valence-electron chi connectivity index (χ1n) is 9.12. The fourth-order valence-corrected chi connectivity index (χ4v) is 3.10. The Labute approximate surface area is 168 Å². The highest BCUT2D eigenvalue weighted by Crippen LogP contribution is 2.32. The second-order valence-electron chi connectivity index (χ2n) is 6.53. The topological polar surface area (TPSA) is 68.3 Å². The van der Waals surface area contributed by atoms with Gasteiger partial charge in [0.15, 0.2) is 11.5 Å². The van der Waals surface area contributed by atoms with Crippen LogP contribution in [0.4, 0.5) is 11.6 Å². The Morgan fingerprint density at radius 1 is 0.893 bits per heavy atom. The van der Waals surface area contributed by atoms with E-state index in [9.17, 15) is 0 Å². The van der Waals surface area contributed by atoms with Crippen LogP contribution in [0.2, 0.25) is 5.02 Å². The predicted molar refractivity (Wildman–Crippen MR) is 110 cm³/mol. The van der Waals surface area contributed by atoms with E-state index in [0.29, 0.717) is 12.4 Å². The molecular weight excluding hydrogens is 376 g/mol. The summed E-state index contributed by atoms with van der Waals surface area (Å²) in [6.45, 7) is 3.58. The maximum Gasteiger partial charge on any atom is 0.231 e. The molecule has 7 heteroatoms. The summed E-state index contributed by atoms with van der Waals surface area (Å²) in [5.74, 6) is 3.86. The molecule has 0 bridgehead atoms. The highest BCUT2D eigenvalue weighted by molar-refractivity contribution is 6.30. The number of aromatic nitrogens is 2. The van der Waals surface area contributed by atoms with Crippen LogP contribution in [-0.2, 0) is 13.0 Å². The standard InChI is InChI=1S/C21H21ClN4O2/c1-14-25-20(23-9-8-15-2-5-17(22)6-3-15)11-21(26-14)24-12-16-4-7-18-19(10-16)28-13-27-18/h2-7,10-11H,8-9,12-13H2,1H3,(H2,23,24,25,26). The number of nitrogens with zero attached hydrogens (tertiary/aromatic N) is 2. The lowest BCUT2D eigenvalue weighted by Crippen LogP contribution is -2.09. The fourth-order valence-electron chi connectivity index (χ4n) is 2.98. The lowest BCUT2D eigenvalue weighted by atomic mass is 10.1. The number of hydrogen-bond donors (Lipinski definition) is 2. The lowest BCUT2D eigenvalue weighted by molar-refractivity contribution is 0.174. The molecule has 144 valence electrons. The van der Waals surface area contributed by atoms with Crippen LogP contribution in [0.1, 0.15) is 17.0 Å². The van der Waals surface area contributed by atoms with Gasteiger partial charge in [0.2, 0.25) is 6.79 Å². The number of hydrogen-bond acceptors (Lipinski definition) is 6. The van der Waals surface area contributed by atoms with Gasteiger partial charge in [-0.2, -0.15) is 0 Å². The summed E-state index contributed by atoms with van der Waals surface area (Å²) in [7, 11) is 0. The highest BCUT2D eigenvalue weighted by Gasteiger charge is 2.13. The predicted octanol–water partition coefficient (Wildman–Crippen LogP) is 4.43. The van der Waals surface area contributed by atoms with Gasteiger partial charge < -0.3 is 20.1 Å². The Bertz CT molecular complexity index is 963. The first kappa shape index (κ1) is 18.4. The van der Waals surface area contributed by atoms with E-state index in [-0.39, 0.29) is 6.79 Å². The molecule has 1 aliphatic heterocycles. The third kappa shape index (κ3) is 4.64. The van der Waals surface area contributed by atoms with Crippen LogP contribution in [-0.4, -0.2) is 23.3 Å². The minimum atomic E-state index is 0.280. The second kappa shape index (κ2) is 8.35. The van der Waals surface area contributed by atoms with E-state index in [0.717, 1.165) is 46.7 Å². The normalized spacial score (nSPS) is 12.1. The summed E-state index contributed by atoms with van der Waals surface area (Å²) in [4.78, 5) is 8.93. The number of aryl methyl sites for hydroxylation is 1. The maximum absolute atomic E-state index is 5.93. The van der Waals surface area contributed by atoms with E-state index in [1.165, 1.54) is 5.56 Å².